The largest absolute Gasteiger partial charge is 0.573 e. The molecule has 2 aromatic carbocycles. The molecule has 3 amide bonds. The fourth-order valence-electron chi connectivity index (χ4n) is 2.31. The van der Waals surface area contributed by atoms with Crippen molar-refractivity contribution in [3.05, 3.63) is 54.6 Å². The lowest BCUT2D eigenvalue weighted by Gasteiger charge is -2.12. The van der Waals surface area contributed by atoms with Crippen LogP contribution >= 0.6 is 11.8 Å². The van der Waals surface area contributed by atoms with Crippen molar-refractivity contribution in [3.8, 4) is 11.4 Å². The van der Waals surface area contributed by atoms with Gasteiger partial charge >= 0.3 is 12.4 Å². The van der Waals surface area contributed by atoms with Crippen molar-refractivity contribution < 1.29 is 27.5 Å². The topological polar surface area (TPSA) is 111 Å². The van der Waals surface area contributed by atoms with E-state index in [9.17, 15) is 22.8 Å². The maximum Gasteiger partial charge on any atom is 0.573 e. The van der Waals surface area contributed by atoms with Crippen molar-refractivity contribution in [2.45, 2.75) is 23.7 Å². The number of alkyl halides is 3. The van der Waals surface area contributed by atoms with Gasteiger partial charge in [-0.3, -0.25) is 10.1 Å². The van der Waals surface area contributed by atoms with Crippen molar-refractivity contribution in [2.24, 2.45) is 0 Å². The third-order valence-electron chi connectivity index (χ3n) is 3.68. The molecule has 13 heteroatoms. The number of amides is 3. The number of aromatic nitrogens is 4. The van der Waals surface area contributed by atoms with Crippen molar-refractivity contribution in [2.75, 3.05) is 5.32 Å². The van der Waals surface area contributed by atoms with Crippen molar-refractivity contribution >= 4 is 29.4 Å². The van der Waals surface area contributed by atoms with Crippen LogP contribution in [0.15, 0.2) is 59.8 Å². The second kappa shape index (κ2) is 9.47. The summed E-state index contributed by atoms with van der Waals surface area (Å²) in [6.07, 6.45) is -4.80. The number of carbonyl (C=O) groups is 2. The number of hydrogen-bond acceptors (Lipinski definition) is 7. The second-order valence-corrected chi connectivity index (χ2v) is 7.29. The number of ether oxygens (including phenoxy) is 1. The lowest BCUT2D eigenvalue weighted by molar-refractivity contribution is -0.274. The summed E-state index contributed by atoms with van der Waals surface area (Å²) in [5.74, 6) is -0.974. The first-order valence-electron chi connectivity index (χ1n) is 8.69. The van der Waals surface area contributed by atoms with Crippen LogP contribution in [0.1, 0.15) is 6.92 Å². The molecule has 0 spiro atoms. The van der Waals surface area contributed by atoms with Crippen LogP contribution in [0.2, 0.25) is 0 Å². The number of urea groups is 1. The monoisotopic (exact) mass is 452 g/mol. The first-order valence-corrected chi connectivity index (χ1v) is 9.57. The zero-order valence-electron chi connectivity index (χ0n) is 15.8. The van der Waals surface area contributed by atoms with E-state index in [0.29, 0.717) is 11.4 Å². The number of benzene rings is 2. The predicted octanol–water partition coefficient (Wildman–Crippen LogP) is 3.39. The highest BCUT2D eigenvalue weighted by atomic mass is 32.2. The van der Waals surface area contributed by atoms with Gasteiger partial charge in [0, 0.05) is 5.69 Å². The number of anilines is 1. The summed E-state index contributed by atoms with van der Waals surface area (Å²) in [5, 5.41) is 15.3. The lowest BCUT2D eigenvalue weighted by Crippen LogP contribution is -2.38. The Morgan fingerprint density at radius 2 is 1.77 bits per heavy atom. The normalized spacial score (nSPS) is 12.1. The summed E-state index contributed by atoms with van der Waals surface area (Å²) in [7, 11) is 0. The molecule has 0 saturated carbocycles. The molecule has 3 rings (SSSR count). The van der Waals surface area contributed by atoms with E-state index in [2.05, 4.69) is 30.9 Å². The summed E-state index contributed by atoms with van der Waals surface area (Å²) in [6.45, 7) is 1.55. The van der Waals surface area contributed by atoms with Crippen LogP contribution in [0.4, 0.5) is 23.7 Å². The highest BCUT2D eigenvalue weighted by molar-refractivity contribution is 8.00. The number of thioether (sulfide) groups is 1. The number of carbonyl (C=O) groups excluding carboxylic acids is 2. The highest BCUT2D eigenvalue weighted by Crippen LogP contribution is 2.26. The fraction of sp³-hybridized carbons (Fsp3) is 0.167. The van der Waals surface area contributed by atoms with E-state index >= 15 is 0 Å². The molecule has 3 aromatic rings. The van der Waals surface area contributed by atoms with Gasteiger partial charge in [-0.05, 0) is 53.7 Å². The molecule has 0 aliphatic rings. The molecule has 0 aliphatic carbocycles. The van der Waals surface area contributed by atoms with Gasteiger partial charge in [-0.25, -0.2) is 4.79 Å². The Morgan fingerprint density at radius 1 is 1.10 bits per heavy atom. The third-order valence-corrected chi connectivity index (χ3v) is 4.71. The Morgan fingerprint density at radius 3 is 2.42 bits per heavy atom. The van der Waals surface area contributed by atoms with Gasteiger partial charge in [0.1, 0.15) is 5.75 Å². The van der Waals surface area contributed by atoms with Crippen LogP contribution in [0.25, 0.3) is 5.69 Å². The Kier molecular flexibility index (Phi) is 6.74. The molecule has 2 N–H and O–H groups in total. The molecule has 0 bridgehead atoms. The van der Waals surface area contributed by atoms with Gasteiger partial charge in [-0.2, -0.15) is 4.68 Å². The minimum atomic E-state index is -4.80. The molecule has 162 valence electrons. The van der Waals surface area contributed by atoms with E-state index in [0.717, 1.165) is 23.9 Å². The maximum absolute atomic E-state index is 12.3. The van der Waals surface area contributed by atoms with E-state index < -0.39 is 29.3 Å². The van der Waals surface area contributed by atoms with Crippen molar-refractivity contribution in [1.29, 1.82) is 0 Å². The molecule has 1 unspecified atom stereocenters. The third kappa shape index (κ3) is 6.44. The van der Waals surface area contributed by atoms with E-state index in [1.165, 1.54) is 16.8 Å². The molecule has 31 heavy (non-hydrogen) atoms. The predicted molar refractivity (Wildman–Crippen MR) is 105 cm³/mol. The van der Waals surface area contributed by atoms with E-state index in [4.69, 9.17) is 0 Å². The Labute approximate surface area is 178 Å². The number of hydrogen-bond donors (Lipinski definition) is 2. The summed E-state index contributed by atoms with van der Waals surface area (Å²) < 4.78 is 41.9. The molecule has 9 nitrogen and oxygen atoms in total. The Hall–Kier alpha value is -3.61. The molecule has 0 radical (unpaired) electrons. The number of rotatable bonds is 6. The Bertz CT molecular complexity index is 1040. The van der Waals surface area contributed by atoms with Crippen LogP contribution < -0.4 is 15.4 Å². The van der Waals surface area contributed by atoms with Gasteiger partial charge in [0.05, 0.1) is 10.9 Å². The van der Waals surface area contributed by atoms with Crippen molar-refractivity contribution in [3.63, 3.8) is 0 Å². The summed E-state index contributed by atoms with van der Waals surface area (Å²) in [4.78, 5) is 24.3. The number of para-hydroxylation sites is 1. The minimum absolute atomic E-state index is 0.204. The molecule has 1 atom stereocenters. The minimum Gasteiger partial charge on any atom is -0.406 e. The average molecular weight is 452 g/mol. The molecule has 1 heterocycles. The molecular weight excluding hydrogens is 437 g/mol. The van der Waals surface area contributed by atoms with Gasteiger partial charge in [0.25, 0.3) is 0 Å². The molecule has 0 aliphatic heterocycles. The first kappa shape index (κ1) is 22.1. The second-order valence-electron chi connectivity index (χ2n) is 5.98. The van der Waals surface area contributed by atoms with Gasteiger partial charge in [-0.1, -0.05) is 30.0 Å². The zero-order chi connectivity index (χ0) is 22.4. The van der Waals surface area contributed by atoms with Gasteiger partial charge in [-0.15, -0.1) is 18.3 Å². The first-order chi connectivity index (χ1) is 14.7. The molecule has 0 saturated heterocycles. The fourth-order valence-corrected chi connectivity index (χ4v) is 3.12. The summed E-state index contributed by atoms with van der Waals surface area (Å²) in [6, 6.07) is 12.8. The quantitative estimate of drug-likeness (QED) is 0.552. The van der Waals surface area contributed by atoms with E-state index in [-0.39, 0.29) is 5.16 Å². The average Bonchev–Trinajstić information content (AvgIpc) is 3.16. The lowest BCUT2D eigenvalue weighted by atomic mass is 10.3. The van der Waals surface area contributed by atoms with Crippen LogP contribution in [-0.2, 0) is 4.79 Å². The van der Waals surface area contributed by atoms with Crippen molar-refractivity contribution in [1.82, 2.24) is 25.5 Å². The number of halogens is 3. The van der Waals surface area contributed by atoms with Gasteiger partial charge in [0.15, 0.2) is 0 Å². The summed E-state index contributed by atoms with van der Waals surface area (Å²) in [5.41, 5.74) is 0.881. The number of nitrogens with one attached hydrogen (secondary N) is 2. The van der Waals surface area contributed by atoms with E-state index in [1.54, 1.807) is 37.3 Å². The maximum atomic E-state index is 12.3. The SMILES string of the molecule is CC(Sc1nnnn1-c1ccc(OC(F)(F)F)cc1)C(=O)NC(=O)Nc1ccccc1. The van der Waals surface area contributed by atoms with Crippen LogP contribution in [0.5, 0.6) is 5.75 Å². The molecule has 1 aromatic heterocycles. The molecular formula is C18H15F3N6O3S. The highest BCUT2D eigenvalue weighted by Gasteiger charge is 2.31. The summed E-state index contributed by atoms with van der Waals surface area (Å²) >= 11 is 0.966. The standard InChI is InChI=1S/C18H15F3N6O3S/c1-11(15(28)23-16(29)22-12-5-3-2-4-6-12)31-17-24-25-26-27(17)13-7-9-14(10-8-13)30-18(19,20)21/h2-11H,1H3,(H2,22,23,28,29). The van der Waals surface area contributed by atoms with Gasteiger partial charge < -0.3 is 10.1 Å². The number of imide groups is 1. The smallest absolute Gasteiger partial charge is 0.406 e. The molecule has 0 fully saturated rings. The van der Waals surface area contributed by atoms with Crippen LogP contribution in [0.3, 0.4) is 0 Å². The van der Waals surface area contributed by atoms with Crippen LogP contribution in [-0.4, -0.2) is 43.8 Å². The zero-order valence-corrected chi connectivity index (χ0v) is 16.6. The number of tetrazole rings is 1. The Balaban J connectivity index is 1.61. The van der Waals surface area contributed by atoms with Gasteiger partial charge in [0.2, 0.25) is 11.1 Å². The van der Waals surface area contributed by atoms with E-state index in [1.807, 2.05) is 0 Å². The van der Waals surface area contributed by atoms with Crippen LogP contribution in [0, 0.1) is 0 Å². The number of nitrogens with zero attached hydrogens (tertiary/aromatic N) is 4.